The Labute approximate surface area is 102 Å². The molecule has 0 amide bonds. The first-order chi connectivity index (χ1) is 7.46. The third kappa shape index (κ3) is 5.86. The Kier molecular flexibility index (Phi) is 8.04. The summed E-state index contributed by atoms with van der Waals surface area (Å²) in [6, 6.07) is 0.566. The minimum absolute atomic E-state index is 0.0129. The van der Waals surface area contributed by atoms with Crippen LogP contribution in [0.4, 0.5) is 0 Å². The van der Waals surface area contributed by atoms with Crippen molar-refractivity contribution in [1.29, 1.82) is 0 Å². The first-order valence-corrected chi connectivity index (χ1v) is 6.87. The molecule has 98 valence electrons. The lowest BCUT2D eigenvalue weighted by atomic mass is 9.82. The molecule has 0 aliphatic rings. The van der Waals surface area contributed by atoms with Gasteiger partial charge in [0.05, 0.1) is 6.10 Å². The van der Waals surface area contributed by atoms with Crippen LogP contribution in [0.1, 0.15) is 66.7 Å². The Morgan fingerprint density at radius 2 is 1.81 bits per heavy atom. The standard InChI is InChI=1S/C14H31NO/c1-6-8-9-10-12(3)15-11-14(5,7-2)13(4)16/h12-13,15-16H,6-11H2,1-5H3. The second-order valence-electron chi connectivity index (χ2n) is 5.46. The molecule has 16 heavy (non-hydrogen) atoms. The van der Waals surface area contributed by atoms with E-state index in [4.69, 9.17) is 0 Å². The van der Waals surface area contributed by atoms with Gasteiger partial charge >= 0.3 is 0 Å². The fraction of sp³-hybridized carbons (Fsp3) is 1.00. The van der Waals surface area contributed by atoms with Gasteiger partial charge in [-0.2, -0.15) is 0 Å². The van der Waals surface area contributed by atoms with Crippen molar-refractivity contribution < 1.29 is 5.11 Å². The van der Waals surface area contributed by atoms with Gasteiger partial charge in [-0.25, -0.2) is 0 Å². The van der Waals surface area contributed by atoms with Gasteiger partial charge in [0.2, 0.25) is 0 Å². The summed E-state index contributed by atoms with van der Waals surface area (Å²) in [7, 11) is 0. The summed E-state index contributed by atoms with van der Waals surface area (Å²) >= 11 is 0. The van der Waals surface area contributed by atoms with Crippen LogP contribution in [0.3, 0.4) is 0 Å². The molecule has 0 rings (SSSR count). The van der Waals surface area contributed by atoms with E-state index >= 15 is 0 Å². The molecule has 0 radical (unpaired) electrons. The molecule has 0 saturated carbocycles. The fourth-order valence-electron chi connectivity index (χ4n) is 1.78. The third-order valence-electron chi connectivity index (χ3n) is 3.91. The molecule has 2 heteroatoms. The van der Waals surface area contributed by atoms with Crippen molar-refractivity contribution in [2.24, 2.45) is 5.41 Å². The van der Waals surface area contributed by atoms with Crippen molar-refractivity contribution in [2.45, 2.75) is 78.9 Å². The van der Waals surface area contributed by atoms with E-state index in [9.17, 15) is 5.11 Å². The smallest absolute Gasteiger partial charge is 0.0577 e. The molecule has 3 atom stereocenters. The van der Waals surface area contributed by atoms with E-state index in [1.807, 2.05) is 6.92 Å². The minimum atomic E-state index is -0.243. The van der Waals surface area contributed by atoms with Gasteiger partial charge in [0.15, 0.2) is 0 Å². The van der Waals surface area contributed by atoms with E-state index in [2.05, 4.69) is 33.0 Å². The second kappa shape index (κ2) is 8.08. The first-order valence-electron chi connectivity index (χ1n) is 6.87. The number of unbranched alkanes of at least 4 members (excludes halogenated alkanes) is 2. The lowest BCUT2D eigenvalue weighted by Crippen LogP contribution is -2.42. The lowest BCUT2D eigenvalue weighted by molar-refractivity contribution is 0.0471. The van der Waals surface area contributed by atoms with Crippen molar-refractivity contribution >= 4 is 0 Å². The Morgan fingerprint density at radius 1 is 1.19 bits per heavy atom. The topological polar surface area (TPSA) is 32.3 Å². The number of aliphatic hydroxyl groups is 1. The van der Waals surface area contributed by atoms with Gasteiger partial charge < -0.3 is 10.4 Å². The molecule has 0 spiro atoms. The summed E-state index contributed by atoms with van der Waals surface area (Å²) in [5.41, 5.74) is 0.0129. The summed E-state index contributed by atoms with van der Waals surface area (Å²) in [6.45, 7) is 11.6. The molecule has 0 aromatic rings. The van der Waals surface area contributed by atoms with Gasteiger partial charge in [-0.05, 0) is 26.7 Å². The monoisotopic (exact) mass is 229 g/mol. The minimum Gasteiger partial charge on any atom is -0.393 e. The van der Waals surface area contributed by atoms with E-state index in [0.717, 1.165) is 13.0 Å². The molecule has 0 aromatic heterocycles. The molecule has 0 bridgehead atoms. The average molecular weight is 229 g/mol. The summed E-state index contributed by atoms with van der Waals surface area (Å²) in [4.78, 5) is 0. The molecule has 0 fully saturated rings. The quantitative estimate of drug-likeness (QED) is 0.594. The van der Waals surface area contributed by atoms with Crippen LogP contribution in [0.2, 0.25) is 0 Å². The van der Waals surface area contributed by atoms with Crippen LogP contribution in [0.25, 0.3) is 0 Å². The van der Waals surface area contributed by atoms with Crippen molar-refractivity contribution in [1.82, 2.24) is 5.32 Å². The highest BCUT2D eigenvalue weighted by molar-refractivity contribution is 4.81. The van der Waals surface area contributed by atoms with Crippen LogP contribution >= 0.6 is 0 Å². The van der Waals surface area contributed by atoms with Gasteiger partial charge in [0.25, 0.3) is 0 Å². The summed E-state index contributed by atoms with van der Waals surface area (Å²) < 4.78 is 0. The van der Waals surface area contributed by atoms with Crippen molar-refractivity contribution in [3.8, 4) is 0 Å². The van der Waals surface area contributed by atoms with Gasteiger partial charge in [-0.1, -0.05) is 40.0 Å². The molecular weight excluding hydrogens is 198 g/mol. The lowest BCUT2D eigenvalue weighted by Gasteiger charge is -2.33. The zero-order valence-electron chi connectivity index (χ0n) is 11.8. The summed E-state index contributed by atoms with van der Waals surface area (Å²) in [6.07, 6.45) is 5.93. The van der Waals surface area contributed by atoms with E-state index in [0.29, 0.717) is 6.04 Å². The van der Waals surface area contributed by atoms with Crippen LogP contribution in [0, 0.1) is 5.41 Å². The Hall–Kier alpha value is -0.0800. The molecule has 0 aliphatic carbocycles. The van der Waals surface area contributed by atoms with Gasteiger partial charge in [0.1, 0.15) is 0 Å². The van der Waals surface area contributed by atoms with Crippen LogP contribution in [0.15, 0.2) is 0 Å². The van der Waals surface area contributed by atoms with Gasteiger partial charge in [-0.15, -0.1) is 0 Å². The van der Waals surface area contributed by atoms with Crippen molar-refractivity contribution in [3.63, 3.8) is 0 Å². The highest BCUT2D eigenvalue weighted by Crippen LogP contribution is 2.24. The third-order valence-corrected chi connectivity index (χ3v) is 3.91. The van der Waals surface area contributed by atoms with E-state index in [1.165, 1.54) is 25.7 Å². The number of hydrogen-bond acceptors (Lipinski definition) is 2. The molecular formula is C14H31NO. The first kappa shape index (κ1) is 15.9. The maximum Gasteiger partial charge on any atom is 0.0577 e. The molecule has 3 unspecified atom stereocenters. The Morgan fingerprint density at radius 3 is 2.25 bits per heavy atom. The summed E-state index contributed by atoms with van der Waals surface area (Å²) in [5, 5.41) is 13.3. The maximum atomic E-state index is 9.76. The van der Waals surface area contributed by atoms with Crippen LogP contribution in [-0.4, -0.2) is 23.8 Å². The van der Waals surface area contributed by atoms with Gasteiger partial charge in [0, 0.05) is 18.0 Å². The second-order valence-corrected chi connectivity index (χ2v) is 5.46. The predicted molar refractivity (Wildman–Crippen MR) is 71.7 cm³/mol. The van der Waals surface area contributed by atoms with E-state index in [-0.39, 0.29) is 11.5 Å². The highest BCUT2D eigenvalue weighted by atomic mass is 16.3. The summed E-state index contributed by atoms with van der Waals surface area (Å²) in [5.74, 6) is 0. The predicted octanol–water partition coefficient (Wildman–Crippen LogP) is 3.34. The Bertz CT molecular complexity index is 170. The highest BCUT2D eigenvalue weighted by Gasteiger charge is 2.27. The van der Waals surface area contributed by atoms with Crippen LogP contribution in [0.5, 0.6) is 0 Å². The average Bonchev–Trinajstić information content (AvgIpc) is 2.26. The van der Waals surface area contributed by atoms with Crippen LogP contribution < -0.4 is 5.32 Å². The molecule has 0 saturated heterocycles. The zero-order chi connectivity index (χ0) is 12.6. The number of rotatable bonds is 9. The number of hydrogen-bond donors (Lipinski definition) is 2. The fourth-order valence-corrected chi connectivity index (χ4v) is 1.78. The van der Waals surface area contributed by atoms with E-state index in [1.54, 1.807) is 0 Å². The molecule has 0 aromatic carbocycles. The largest absolute Gasteiger partial charge is 0.393 e. The zero-order valence-corrected chi connectivity index (χ0v) is 11.8. The van der Waals surface area contributed by atoms with E-state index < -0.39 is 0 Å². The van der Waals surface area contributed by atoms with Crippen LogP contribution in [-0.2, 0) is 0 Å². The normalized spacial score (nSPS) is 19.1. The SMILES string of the molecule is CCCCCC(C)NCC(C)(CC)C(C)O. The molecule has 0 heterocycles. The number of nitrogens with one attached hydrogen (secondary N) is 1. The van der Waals surface area contributed by atoms with Crippen molar-refractivity contribution in [3.05, 3.63) is 0 Å². The molecule has 2 nitrogen and oxygen atoms in total. The molecule has 2 N–H and O–H groups in total. The maximum absolute atomic E-state index is 9.76. The van der Waals surface area contributed by atoms with Crippen molar-refractivity contribution in [2.75, 3.05) is 6.54 Å². The Balaban J connectivity index is 3.84. The van der Waals surface area contributed by atoms with Gasteiger partial charge in [-0.3, -0.25) is 0 Å². The molecule has 0 aliphatic heterocycles. The number of aliphatic hydroxyl groups excluding tert-OH is 1.